The molecule has 0 radical (unpaired) electrons. The van der Waals surface area contributed by atoms with Crippen molar-refractivity contribution in [1.29, 1.82) is 0 Å². The largest absolute Gasteiger partial charge is 0.310 e. The molecule has 86 valence electrons. The Balaban J connectivity index is 2.33. The van der Waals surface area contributed by atoms with E-state index in [4.69, 9.17) is 6.42 Å². The zero-order valence-corrected chi connectivity index (χ0v) is 10.3. The van der Waals surface area contributed by atoms with Gasteiger partial charge >= 0.3 is 0 Å². The third-order valence-electron chi connectivity index (χ3n) is 2.85. The van der Waals surface area contributed by atoms with E-state index in [1.54, 1.807) is 0 Å². The molecule has 0 aliphatic heterocycles. The lowest BCUT2D eigenvalue weighted by molar-refractivity contribution is 0.547. The number of hydrogen-bond donors (Lipinski definition) is 1. The standard InChI is InChI=1S/C15H21N/c1-4-5-6-9-12-16-14(3)15-11-8-7-10-13(15)2/h1,7-8,10-11,14,16H,5-6,9,12H2,2-3H3. The summed E-state index contributed by atoms with van der Waals surface area (Å²) in [6, 6.07) is 8.95. The molecule has 0 aliphatic rings. The Labute approximate surface area is 99.3 Å². The van der Waals surface area contributed by atoms with Crippen LogP contribution in [0.15, 0.2) is 24.3 Å². The summed E-state index contributed by atoms with van der Waals surface area (Å²) in [4.78, 5) is 0. The molecule has 1 heteroatoms. The number of aryl methyl sites for hydroxylation is 1. The molecule has 1 aromatic carbocycles. The van der Waals surface area contributed by atoms with Crippen molar-refractivity contribution in [1.82, 2.24) is 5.32 Å². The number of nitrogens with one attached hydrogen (secondary N) is 1. The van der Waals surface area contributed by atoms with Gasteiger partial charge < -0.3 is 5.32 Å². The van der Waals surface area contributed by atoms with E-state index in [2.05, 4.69) is 49.4 Å². The molecular formula is C15H21N. The second-order valence-corrected chi connectivity index (χ2v) is 4.19. The quantitative estimate of drug-likeness (QED) is 0.566. The number of terminal acetylenes is 1. The Bertz CT molecular complexity index is 349. The molecule has 1 rings (SSSR count). The number of rotatable bonds is 6. The van der Waals surface area contributed by atoms with E-state index in [9.17, 15) is 0 Å². The van der Waals surface area contributed by atoms with Gasteiger partial charge in [0.1, 0.15) is 0 Å². The van der Waals surface area contributed by atoms with Crippen LogP contribution in [-0.4, -0.2) is 6.54 Å². The van der Waals surface area contributed by atoms with Crippen LogP contribution in [0.2, 0.25) is 0 Å². The summed E-state index contributed by atoms with van der Waals surface area (Å²) in [6.07, 6.45) is 8.37. The van der Waals surface area contributed by atoms with Crippen LogP contribution >= 0.6 is 0 Å². The van der Waals surface area contributed by atoms with Crippen molar-refractivity contribution in [2.45, 2.75) is 39.2 Å². The smallest absolute Gasteiger partial charge is 0.0294 e. The highest BCUT2D eigenvalue weighted by atomic mass is 14.9. The van der Waals surface area contributed by atoms with Crippen molar-refractivity contribution in [2.24, 2.45) is 0 Å². The Kier molecular flexibility index (Phi) is 5.67. The average Bonchev–Trinajstić information content (AvgIpc) is 2.29. The minimum atomic E-state index is 0.423. The second-order valence-electron chi connectivity index (χ2n) is 4.19. The first-order chi connectivity index (χ1) is 7.75. The predicted octanol–water partition coefficient (Wildman–Crippen LogP) is 3.45. The first kappa shape index (κ1) is 12.8. The second kappa shape index (κ2) is 7.09. The van der Waals surface area contributed by atoms with Crippen molar-refractivity contribution < 1.29 is 0 Å². The third kappa shape index (κ3) is 4.08. The average molecular weight is 215 g/mol. The van der Waals surface area contributed by atoms with Crippen molar-refractivity contribution in [3.8, 4) is 12.3 Å². The van der Waals surface area contributed by atoms with Gasteiger partial charge in [-0.15, -0.1) is 12.3 Å². The van der Waals surface area contributed by atoms with Crippen LogP contribution in [-0.2, 0) is 0 Å². The highest BCUT2D eigenvalue weighted by Gasteiger charge is 2.05. The van der Waals surface area contributed by atoms with Crippen molar-refractivity contribution in [3.05, 3.63) is 35.4 Å². The number of benzene rings is 1. The highest BCUT2D eigenvalue weighted by Crippen LogP contribution is 2.16. The van der Waals surface area contributed by atoms with Crippen LogP contribution in [0.3, 0.4) is 0 Å². The van der Waals surface area contributed by atoms with Crippen LogP contribution < -0.4 is 5.32 Å². The van der Waals surface area contributed by atoms with E-state index in [0.717, 1.165) is 25.8 Å². The van der Waals surface area contributed by atoms with Crippen LogP contribution in [0.4, 0.5) is 0 Å². The van der Waals surface area contributed by atoms with Crippen LogP contribution in [0.1, 0.15) is 43.4 Å². The first-order valence-electron chi connectivity index (χ1n) is 5.98. The normalized spacial score (nSPS) is 12.1. The fraction of sp³-hybridized carbons (Fsp3) is 0.467. The van der Waals surface area contributed by atoms with E-state index in [1.165, 1.54) is 11.1 Å². The Hall–Kier alpha value is -1.26. The van der Waals surface area contributed by atoms with Gasteiger partial charge in [-0.2, -0.15) is 0 Å². The molecule has 0 bridgehead atoms. The fourth-order valence-corrected chi connectivity index (χ4v) is 1.85. The molecule has 0 aliphatic carbocycles. The van der Waals surface area contributed by atoms with Crippen LogP contribution in [0.5, 0.6) is 0 Å². The lowest BCUT2D eigenvalue weighted by Gasteiger charge is -2.16. The minimum Gasteiger partial charge on any atom is -0.310 e. The number of unbranched alkanes of at least 4 members (excludes halogenated alkanes) is 2. The monoisotopic (exact) mass is 215 g/mol. The van der Waals surface area contributed by atoms with Gasteiger partial charge in [0.15, 0.2) is 0 Å². The summed E-state index contributed by atoms with van der Waals surface area (Å²) in [6.45, 7) is 5.41. The summed E-state index contributed by atoms with van der Waals surface area (Å²) in [5.74, 6) is 2.67. The Morgan fingerprint density at radius 1 is 1.31 bits per heavy atom. The molecule has 1 aromatic rings. The van der Waals surface area contributed by atoms with E-state index in [-0.39, 0.29) is 0 Å². The molecule has 0 saturated carbocycles. The Morgan fingerprint density at radius 2 is 2.06 bits per heavy atom. The molecule has 0 heterocycles. The van der Waals surface area contributed by atoms with Crippen LogP contribution in [0, 0.1) is 19.3 Å². The molecule has 0 aromatic heterocycles. The summed E-state index contributed by atoms with van der Waals surface area (Å²) >= 11 is 0. The number of hydrogen-bond acceptors (Lipinski definition) is 1. The Morgan fingerprint density at radius 3 is 2.75 bits per heavy atom. The lowest BCUT2D eigenvalue weighted by atomic mass is 10.0. The van der Waals surface area contributed by atoms with Gasteiger partial charge in [-0.1, -0.05) is 24.3 Å². The molecule has 0 spiro atoms. The molecule has 0 amide bonds. The van der Waals surface area contributed by atoms with Gasteiger partial charge in [-0.25, -0.2) is 0 Å². The van der Waals surface area contributed by atoms with Gasteiger partial charge in [-0.3, -0.25) is 0 Å². The van der Waals surface area contributed by atoms with E-state index in [0.29, 0.717) is 6.04 Å². The van der Waals surface area contributed by atoms with Gasteiger partial charge in [0.05, 0.1) is 0 Å². The maximum atomic E-state index is 5.21. The maximum Gasteiger partial charge on any atom is 0.0294 e. The highest BCUT2D eigenvalue weighted by molar-refractivity contribution is 5.28. The summed E-state index contributed by atoms with van der Waals surface area (Å²) in [5, 5.41) is 3.53. The van der Waals surface area contributed by atoms with Crippen molar-refractivity contribution >= 4 is 0 Å². The molecule has 1 atom stereocenters. The molecule has 1 N–H and O–H groups in total. The summed E-state index contributed by atoms with van der Waals surface area (Å²) in [7, 11) is 0. The summed E-state index contributed by atoms with van der Waals surface area (Å²) < 4.78 is 0. The first-order valence-corrected chi connectivity index (χ1v) is 5.98. The summed E-state index contributed by atoms with van der Waals surface area (Å²) in [5.41, 5.74) is 2.74. The fourth-order valence-electron chi connectivity index (χ4n) is 1.85. The van der Waals surface area contributed by atoms with E-state index in [1.807, 2.05) is 0 Å². The zero-order chi connectivity index (χ0) is 11.8. The van der Waals surface area contributed by atoms with E-state index >= 15 is 0 Å². The molecule has 16 heavy (non-hydrogen) atoms. The third-order valence-corrected chi connectivity index (χ3v) is 2.85. The molecule has 1 nitrogen and oxygen atoms in total. The van der Waals surface area contributed by atoms with Gasteiger partial charge in [0, 0.05) is 12.5 Å². The maximum absolute atomic E-state index is 5.21. The van der Waals surface area contributed by atoms with Crippen molar-refractivity contribution in [2.75, 3.05) is 6.54 Å². The molecule has 1 unspecified atom stereocenters. The van der Waals surface area contributed by atoms with E-state index < -0.39 is 0 Å². The molecular weight excluding hydrogens is 194 g/mol. The molecule has 0 saturated heterocycles. The predicted molar refractivity (Wildman–Crippen MR) is 70.3 cm³/mol. The van der Waals surface area contributed by atoms with Gasteiger partial charge in [-0.05, 0) is 44.4 Å². The van der Waals surface area contributed by atoms with Gasteiger partial charge in [0.2, 0.25) is 0 Å². The van der Waals surface area contributed by atoms with Crippen molar-refractivity contribution in [3.63, 3.8) is 0 Å². The minimum absolute atomic E-state index is 0.423. The topological polar surface area (TPSA) is 12.0 Å². The lowest BCUT2D eigenvalue weighted by Crippen LogP contribution is -2.20. The zero-order valence-electron chi connectivity index (χ0n) is 10.3. The molecule has 0 fully saturated rings. The SMILES string of the molecule is C#CCCCCNC(C)c1ccccc1C. The van der Waals surface area contributed by atoms with Crippen LogP contribution in [0.25, 0.3) is 0 Å². The van der Waals surface area contributed by atoms with Gasteiger partial charge in [0.25, 0.3) is 0 Å².